The second-order valence-electron chi connectivity index (χ2n) is 3.41. The van der Waals surface area contributed by atoms with Crippen molar-refractivity contribution < 1.29 is 9.53 Å². The maximum Gasteiger partial charge on any atom is 0.434 e. The maximum absolute atomic E-state index is 11.3. The van der Waals surface area contributed by atoms with Crippen LogP contribution in [0.5, 0.6) is 0 Å². The van der Waals surface area contributed by atoms with Crippen molar-refractivity contribution in [1.29, 1.82) is 5.26 Å². The number of nitrogens with zero attached hydrogens (tertiary/aromatic N) is 2. The molecule has 1 rings (SSSR count). The minimum atomic E-state index is -0.709. The van der Waals surface area contributed by atoms with Gasteiger partial charge in [0.2, 0.25) is 0 Å². The number of carbonyl (C=O) groups is 1. The molecule has 0 unspecified atom stereocenters. The number of rotatable bonds is 4. The van der Waals surface area contributed by atoms with E-state index in [1.165, 1.54) is 0 Å². The molecule has 0 fully saturated rings. The van der Waals surface area contributed by atoms with Crippen molar-refractivity contribution in [3.05, 3.63) is 35.9 Å². The molecule has 0 N–H and O–H groups in total. The zero-order chi connectivity index (χ0) is 12.5. The first-order valence-electron chi connectivity index (χ1n) is 5.49. The van der Waals surface area contributed by atoms with Crippen LogP contribution < -0.4 is 0 Å². The second-order valence-corrected chi connectivity index (χ2v) is 3.41. The highest BCUT2D eigenvalue weighted by Crippen LogP contribution is 2.02. The van der Waals surface area contributed by atoms with E-state index < -0.39 is 6.09 Å². The summed E-state index contributed by atoms with van der Waals surface area (Å²) in [4.78, 5) is 14.9. The molecule has 0 aliphatic rings. The van der Waals surface area contributed by atoms with Crippen LogP contribution in [0, 0.1) is 11.3 Å². The molecule has 0 saturated heterocycles. The molecule has 0 aromatic heterocycles. The predicted molar refractivity (Wildman–Crippen MR) is 64.8 cm³/mol. The third kappa shape index (κ3) is 4.47. The number of ether oxygens (including phenoxy) is 1. The van der Waals surface area contributed by atoms with E-state index in [4.69, 9.17) is 10.00 Å². The third-order valence-electron chi connectivity index (χ3n) is 2.08. The molecule has 0 saturated carbocycles. The van der Waals surface area contributed by atoms with E-state index in [9.17, 15) is 4.79 Å². The molecule has 1 aromatic rings. The molecule has 0 aliphatic heterocycles. The highest BCUT2D eigenvalue weighted by atomic mass is 16.5. The fraction of sp³-hybridized carbons (Fsp3) is 0.308. The summed E-state index contributed by atoms with van der Waals surface area (Å²) in [5.74, 6) is 0. The number of unbranched alkanes of at least 4 members (excludes halogenated alkanes) is 1. The summed E-state index contributed by atoms with van der Waals surface area (Å²) in [7, 11) is 0. The minimum absolute atomic E-state index is 0.0760. The Morgan fingerprint density at radius 1 is 1.41 bits per heavy atom. The summed E-state index contributed by atoms with van der Waals surface area (Å²) in [6.07, 6.45) is 1.04. The molecule has 0 spiro atoms. The summed E-state index contributed by atoms with van der Waals surface area (Å²) in [5.41, 5.74) is 0.689. The summed E-state index contributed by atoms with van der Waals surface area (Å²) < 4.78 is 4.86. The molecule has 0 heterocycles. The lowest BCUT2D eigenvalue weighted by Gasteiger charge is -2.00. The van der Waals surface area contributed by atoms with E-state index in [0.29, 0.717) is 12.2 Å². The Balaban J connectivity index is 2.68. The lowest BCUT2D eigenvalue weighted by molar-refractivity contribution is 0.155. The normalized spacial score (nSPS) is 10.7. The fourth-order valence-corrected chi connectivity index (χ4v) is 1.18. The Morgan fingerprint density at radius 2 is 2.12 bits per heavy atom. The molecule has 17 heavy (non-hydrogen) atoms. The van der Waals surface area contributed by atoms with Gasteiger partial charge in [-0.2, -0.15) is 10.3 Å². The number of hydrogen-bond donors (Lipinski definition) is 0. The van der Waals surface area contributed by atoms with Crippen LogP contribution in [0.15, 0.2) is 35.3 Å². The molecule has 1 amide bonds. The average Bonchev–Trinajstić information content (AvgIpc) is 2.37. The molecular weight excluding hydrogens is 216 g/mol. The van der Waals surface area contributed by atoms with Crippen LogP contribution in [0.2, 0.25) is 0 Å². The Morgan fingerprint density at radius 3 is 2.71 bits per heavy atom. The van der Waals surface area contributed by atoms with Crippen molar-refractivity contribution in [2.75, 3.05) is 6.61 Å². The summed E-state index contributed by atoms with van der Waals surface area (Å²) >= 11 is 0. The van der Waals surface area contributed by atoms with Gasteiger partial charge in [0.1, 0.15) is 6.07 Å². The standard InChI is InChI=1S/C13H14N2O2/c1-2-3-9-17-13(16)15-12(10-14)11-7-5-4-6-8-11/h4-8H,2-3,9H2,1H3. The van der Waals surface area contributed by atoms with Crippen LogP contribution in [0.1, 0.15) is 25.3 Å². The van der Waals surface area contributed by atoms with Crippen LogP contribution in [0.3, 0.4) is 0 Å². The molecule has 4 nitrogen and oxygen atoms in total. The first kappa shape index (κ1) is 12.9. The summed E-state index contributed by atoms with van der Waals surface area (Å²) in [5, 5.41) is 8.91. The number of carbonyl (C=O) groups excluding carboxylic acids is 1. The average molecular weight is 230 g/mol. The zero-order valence-corrected chi connectivity index (χ0v) is 9.72. The van der Waals surface area contributed by atoms with Gasteiger partial charge in [-0.1, -0.05) is 43.7 Å². The smallest absolute Gasteiger partial charge is 0.434 e. The number of amides is 1. The Hall–Kier alpha value is -2.15. The van der Waals surface area contributed by atoms with E-state index in [1.807, 2.05) is 19.1 Å². The van der Waals surface area contributed by atoms with E-state index in [0.717, 1.165) is 12.8 Å². The van der Waals surface area contributed by atoms with Crippen LogP contribution in [-0.2, 0) is 4.74 Å². The molecule has 0 radical (unpaired) electrons. The van der Waals surface area contributed by atoms with Gasteiger partial charge in [0.05, 0.1) is 6.61 Å². The van der Waals surface area contributed by atoms with E-state index in [2.05, 4.69) is 4.99 Å². The molecule has 0 aliphatic carbocycles. The number of nitriles is 1. The van der Waals surface area contributed by atoms with Gasteiger partial charge in [-0.3, -0.25) is 0 Å². The van der Waals surface area contributed by atoms with Gasteiger partial charge in [-0.05, 0) is 6.42 Å². The van der Waals surface area contributed by atoms with Crippen LogP contribution in [0.4, 0.5) is 4.79 Å². The van der Waals surface area contributed by atoms with Gasteiger partial charge in [-0.25, -0.2) is 4.79 Å². The van der Waals surface area contributed by atoms with E-state index >= 15 is 0 Å². The Kier molecular flexibility index (Phi) is 5.45. The highest BCUT2D eigenvalue weighted by molar-refractivity contribution is 6.14. The lowest BCUT2D eigenvalue weighted by Crippen LogP contribution is -2.06. The fourth-order valence-electron chi connectivity index (χ4n) is 1.18. The molecule has 1 aromatic carbocycles. The third-order valence-corrected chi connectivity index (χ3v) is 2.08. The van der Waals surface area contributed by atoms with Crippen molar-refractivity contribution in [2.45, 2.75) is 19.8 Å². The largest absolute Gasteiger partial charge is 0.448 e. The van der Waals surface area contributed by atoms with Gasteiger partial charge in [0.25, 0.3) is 0 Å². The predicted octanol–water partition coefficient (Wildman–Crippen LogP) is 2.94. The van der Waals surface area contributed by atoms with Crippen molar-refractivity contribution in [1.82, 2.24) is 0 Å². The first-order valence-corrected chi connectivity index (χ1v) is 5.49. The van der Waals surface area contributed by atoms with Gasteiger partial charge < -0.3 is 4.74 Å². The van der Waals surface area contributed by atoms with Gasteiger partial charge in [0.15, 0.2) is 5.71 Å². The molecule has 4 heteroatoms. The van der Waals surface area contributed by atoms with Gasteiger partial charge in [-0.15, -0.1) is 0 Å². The summed E-state index contributed by atoms with van der Waals surface area (Å²) in [6, 6.07) is 10.7. The highest BCUT2D eigenvalue weighted by Gasteiger charge is 2.06. The maximum atomic E-state index is 11.3. The molecule has 0 atom stereocenters. The van der Waals surface area contributed by atoms with Crippen molar-refractivity contribution >= 4 is 11.8 Å². The van der Waals surface area contributed by atoms with Crippen LogP contribution >= 0.6 is 0 Å². The minimum Gasteiger partial charge on any atom is -0.448 e. The van der Waals surface area contributed by atoms with Crippen LogP contribution in [-0.4, -0.2) is 18.4 Å². The Bertz CT molecular complexity index is 432. The van der Waals surface area contributed by atoms with E-state index in [-0.39, 0.29) is 5.71 Å². The summed E-state index contributed by atoms with van der Waals surface area (Å²) in [6.45, 7) is 2.34. The van der Waals surface area contributed by atoms with Crippen molar-refractivity contribution in [3.63, 3.8) is 0 Å². The molecular formula is C13H14N2O2. The Labute approximate surface area is 101 Å². The first-order chi connectivity index (χ1) is 8.27. The quantitative estimate of drug-likeness (QED) is 0.590. The van der Waals surface area contributed by atoms with Crippen LogP contribution in [0.25, 0.3) is 0 Å². The topological polar surface area (TPSA) is 62.4 Å². The van der Waals surface area contributed by atoms with E-state index in [1.54, 1.807) is 24.3 Å². The lowest BCUT2D eigenvalue weighted by atomic mass is 10.1. The number of hydrogen-bond acceptors (Lipinski definition) is 3. The second kappa shape index (κ2) is 7.18. The molecule has 88 valence electrons. The van der Waals surface area contributed by atoms with Crippen molar-refractivity contribution in [3.8, 4) is 6.07 Å². The monoisotopic (exact) mass is 230 g/mol. The number of benzene rings is 1. The van der Waals surface area contributed by atoms with Crippen molar-refractivity contribution in [2.24, 2.45) is 4.99 Å². The zero-order valence-electron chi connectivity index (χ0n) is 9.72. The number of aliphatic imine (C=N–C) groups is 1. The molecule has 0 bridgehead atoms. The SMILES string of the molecule is CCCCOC(=O)N=C(C#N)c1ccccc1. The van der Waals surface area contributed by atoms with Gasteiger partial charge in [0, 0.05) is 5.56 Å². The van der Waals surface area contributed by atoms with Gasteiger partial charge >= 0.3 is 6.09 Å².